The van der Waals surface area contributed by atoms with Gasteiger partial charge in [0.2, 0.25) is 0 Å². The van der Waals surface area contributed by atoms with Crippen LogP contribution in [0.2, 0.25) is 0 Å². The Morgan fingerprint density at radius 2 is 2.00 bits per heavy atom. The molecule has 0 aliphatic rings. The monoisotopic (exact) mass is 247 g/mol. The number of aromatic carboxylic acids is 1. The highest BCUT2D eigenvalue weighted by atomic mass is 16.5. The van der Waals surface area contributed by atoms with Gasteiger partial charge in [0, 0.05) is 5.56 Å². The number of carboxylic acids is 1. The van der Waals surface area contributed by atoms with Gasteiger partial charge in [-0.25, -0.2) is 4.79 Å². The van der Waals surface area contributed by atoms with E-state index < -0.39 is 5.97 Å². The molecule has 0 radical (unpaired) electrons. The Morgan fingerprint density at radius 1 is 1.33 bits per heavy atom. The van der Waals surface area contributed by atoms with Crippen LogP contribution in [0.4, 0.5) is 0 Å². The van der Waals surface area contributed by atoms with Crippen molar-refractivity contribution in [3.8, 4) is 17.1 Å². The number of rotatable bonds is 4. The number of aromatic nitrogens is 1. The fraction of sp³-hybridized carbons (Fsp3) is 0.231. The first-order valence-electron chi connectivity index (χ1n) is 5.53. The van der Waals surface area contributed by atoms with Gasteiger partial charge in [0.25, 0.3) is 0 Å². The van der Waals surface area contributed by atoms with Gasteiger partial charge >= 0.3 is 5.97 Å². The molecule has 94 valence electrons. The molecule has 0 amide bonds. The number of nitrogens with zero attached hydrogens (tertiary/aromatic N) is 1. The second kappa shape index (κ2) is 4.91. The Labute approximate surface area is 104 Å². The second-order valence-corrected chi connectivity index (χ2v) is 4.06. The van der Waals surface area contributed by atoms with Gasteiger partial charge in [-0.3, -0.25) is 0 Å². The highest BCUT2D eigenvalue weighted by Gasteiger charge is 2.16. The van der Waals surface area contributed by atoms with Crippen molar-refractivity contribution in [1.82, 2.24) is 5.16 Å². The first kappa shape index (κ1) is 12.2. The molecule has 0 atom stereocenters. The van der Waals surface area contributed by atoms with Crippen LogP contribution >= 0.6 is 0 Å². The van der Waals surface area contributed by atoms with Crippen molar-refractivity contribution in [1.29, 1.82) is 0 Å². The predicted molar refractivity (Wildman–Crippen MR) is 64.7 cm³/mol. The maximum absolute atomic E-state index is 10.9. The molecule has 5 nitrogen and oxygen atoms in total. The number of carboxylic acid groups (broad SMARTS) is 1. The number of hydrogen-bond acceptors (Lipinski definition) is 4. The molecule has 0 saturated carbocycles. The van der Waals surface area contributed by atoms with Crippen molar-refractivity contribution in [2.75, 3.05) is 0 Å². The van der Waals surface area contributed by atoms with Gasteiger partial charge in [-0.2, -0.15) is 0 Å². The minimum Gasteiger partial charge on any atom is -0.491 e. The second-order valence-electron chi connectivity index (χ2n) is 4.06. The lowest BCUT2D eigenvalue weighted by Gasteiger charge is -2.09. The smallest absolute Gasteiger partial charge is 0.341 e. The summed E-state index contributed by atoms with van der Waals surface area (Å²) in [5, 5.41) is 12.5. The van der Waals surface area contributed by atoms with Crippen molar-refractivity contribution < 1.29 is 19.2 Å². The minimum absolute atomic E-state index is 0.0486. The average molecular weight is 247 g/mol. The molecule has 0 aliphatic heterocycles. The van der Waals surface area contributed by atoms with E-state index >= 15 is 0 Å². The lowest BCUT2D eigenvalue weighted by atomic mass is 10.1. The van der Waals surface area contributed by atoms with Crippen molar-refractivity contribution in [2.45, 2.75) is 20.0 Å². The van der Waals surface area contributed by atoms with E-state index in [1.807, 2.05) is 13.8 Å². The van der Waals surface area contributed by atoms with E-state index in [0.29, 0.717) is 5.56 Å². The van der Waals surface area contributed by atoms with Crippen LogP contribution in [-0.2, 0) is 0 Å². The summed E-state index contributed by atoms with van der Waals surface area (Å²) in [7, 11) is 0. The van der Waals surface area contributed by atoms with Crippen LogP contribution in [0.5, 0.6) is 5.75 Å². The van der Waals surface area contributed by atoms with Gasteiger partial charge in [-0.15, -0.1) is 0 Å². The van der Waals surface area contributed by atoms with Gasteiger partial charge < -0.3 is 14.4 Å². The molecule has 1 aromatic heterocycles. The number of benzene rings is 1. The molecule has 0 saturated heterocycles. The summed E-state index contributed by atoms with van der Waals surface area (Å²) >= 11 is 0. The van der Waals surface area contributed by atoms with Gasteiger partial charge in [0.1, 0.15) is 11.3 Å². The molecule has 1 aromatic carbocycles. The van der Waals surface area contributed by atoms with Crippen LogP contribution in [0, 0.1) is 0 Å². The molecular weight excluding hydrogens is 234 g/mol. The normalized spacial score (nSPS) is 10.6. The zero-order valence-corrected chi connectivity index (χ0v) is 10.1. The first-order chi connectivity index (χ1) is 8.58. The summed E-state index contributed by atoms with van der Waals surface area (Å²) < 4.78 is 10.5. The molecule has 0 unspecified atom stereocenters. The van der Waals surface area contributed by atoms with E-state index in [9.17, 15) is 4.79 Å². The van der Waals surface area contributed by atoms with E-state index in [1.54, 1.807) is 24.3 Å². The van der Waals surface area contributed by atoms with Crippen LogP contribution in [0.1, 0.15) is 24.2 Å². The SMILES string of the molecule is CC(C)Oc1ccc(-c2oncc2C(=O)O)cc1. The number of ether oxygens (including phenoxy) is 1. The Kier molecular flexibility index (Phi) is 3.32. The molecule has 1 heterocycles. The summed E-state index contributed by atoms with van der Waals surface area (Å²) in [6.07, 6.45) is 1.28. The van der Waals surface area contributed by atoms with E-state index in [1.165, 1.54) is 6.20 Å². The third kappa shape index (κ3) is 2.51. The fourth-order valence-corrected chi connectivity index (χ4v) is 1.56. The van der Waals surface area contributed by atoms with Crippen LogP contribution in [0.25, 0.3) is 11.3 Å². The maximum Gasteiger partial charge on any atom is 0.341 e. The molecule has 1 N–H and O–H groups in total. The fourth-order valence-electron chi connectivity index (χ4n) is 1.56. The zero-order valence-electron chi connectivity index (χ0n) is 10.1. The predicted octanol–water partition coefficient (Wildman–Crippen LogP) is 2.83. The van der Waals surface area contributed by atoms with E-state index in [4.69, 9.17) is 14.4 Å². The Morgan fingerprint density at radius 3 is 2.56 bits per heavy atom. The van der Waals surface area contributed by atoms with Crippen LogP contribution in [-0.4, -0.2) is 22.3 Å². The summed E-state index contributed by atoms with van der Waals surface area (Å²) in [5.41, 5.74) is 0.702. The highest BCUT2D eigenvalue weighted by molar-refractivity contribution is 5.93. The number of hydrogen-bond donors (Lipinski definition) is 1. The van der Waals surface area contributed by atoms with Crippen molar-refractivity contribution in [2.24, 2.45) is 0 Å². The Balaban J connectivity index is 2.29. The molecule has 5 heteroatoms. The van der Waals surface area contributed by atoms with Gasteiger partial charge in [0.15, 0.2) is 5.76 Å². The quantitative estimate of drug-likeness (QED) is 0.899. The van der Waals surface area contributed by atoms with Crippen molar-refractivity contribution >= 4 is 5.97 Å². The van der Waals surface area contributed by atoms with E-state index in [-0.39, 0.29) is 17.4 Å². The number of carbonyl (C=O) groups is 1. The van der Waals surface area contributed by atoms with Crippen molar-refractivity contribution in [3.05, 3.63) is 36.0 Å². The van der Waals surface area contributed by atoms with Gasteiger partial charge in [0.05, 0.1) is 12.3 Å². The molecular formula is C13H13NO4. The lowest BCUT2D eigenvalue weighted by Crippen LogP contribution is -2.05. The minimum atomic E-state index is -1.06. The topological polar surface area (TPSA) is 72.6 Å². The van der Waals surface area contributed by atoms with Gasteiger partial charge in [-0.1, -0.05) is 5.16 Å². The largest absolute Gasteiger partial charge is 0.491 e. The molecule has 0 bridgehead atoms. The van der Waals surface area contributed by atoms with Crippen LogP contribution in [0.3, 0.4) is 0 Å². The third-order valence-corrected chi connectivity index (χ3v) is 2.29. The standard InChI is InChI=1S/C13H13NO4/c1-8(2)17-10-5-3-9(4-6-10)12-11(13(15)16)7-14-18-12/h3-8H,1-2H3,(H,15,16). The Hall–Kier alpha value is -2.30. The summed E-state index contributed by atoms with van der Waals surface area (Å²) in [6.45, 7) is 3.87. The maximum atomic E-state index is 10.9. The highest BCUT2D eigenvalue weighted by Crippen LogP contribution is 2.25. The van der Waals surface area contributed by atoms with Crippen LogP contribution in [0.15, 0.2) is 35.0 Å². The first-order valence-corrected chi connectivity index (χ1v) is 5.53. The molecule has 18 heavy (non-hydrogen) atoms. The molecule has 0 aliphatic carbocycles. The average Bonchev–Trinajstić information content (AvgIpc) is 2.78. The van der Waals surface area contributed by atoms with Crippen LogP contribution < -0.4 is 4.74 Å². The zero-order chi connectivity index (χ0) is 13.1. The summed E-state index contributed by atoms with van der Waals surface area (Å²) in [6, 6.07) is 7.02. The van der Waals surface area contributed by atoms with E-state index in [2.05, 4.69) is 5.16 Å². The summed E-state index contributed by atoms with van der Waals surface area (Å²) in [5.74, 6) is -0.0857. The van der Waals surface area contributed by atoms with Crippen molar-refractivity contribution in [3.63, 3.8) is 0 Å². The van der Waals surface area contributed by atoms with Gasteiger partial charge in [-0.05, 0) is 38.1 Å². The molecule has 2 rings (SSSR count). The lowest BCUT2D eigenvalue weighted by molar-refractivity contribution is 0.0697. The molecule has 0 spiro atoms. The summed E-state index contributed by atoms with van der Waals surface area (Å²) in [4.78, 5) is 10.9. The Bertz CT molecular complexity index is 542. The molecule has 0 fully saturated rings. The van der Waals surface area contributed by atoms with E-state index in [0.717, 1.165) is 5.75 Å². The molecule has 2 aromatic rings. The third-order valence-electron chi connectivity index (χ3n) is 2.29.